The van der Waals surface area contributed by atoms with E-state index >= 15 is 0 Å². The lowest BCUT2D eigenvalue weighted by atomic mass is 10.1. The average Bonchev–Trinajstić information content (AvgIpc) is 2.16. The lowest BCUT2D eigenvalue weighted by Crippen LogP contribution is -2.46. The lowest BCUT2D eigenvalue weighted by molar-refractivity contribution is 0.217. The molecule has 0 radical (unpaired) electrons. The van der Waals surface area contributed by atoms with Crippen LogP contribution < -0.4 is 10.1 Å². The highest BCUT2D eigenvalue weighted by Crippen LogP contribution is 2.13. The molecule has 1 aliphatic rings. The van der Waals surface area contributed by atoms with Gasteiger partial charge < -0.3 is 10.1 Å². The Hall–Kier alpha value is -1.35. The zero-order valence-corrected chi connectivity index (χ0v) is 8.78. The Morgan fingerprint density at radius 3 is 3.13 bits per heavy atom. The molecule has 3 nitrogen and oxygen atoms in total. The largest absolute Gasteiger partial charge is 0.490 e. The molecule has 1 N–H and O–H groups in total. The summed E-state index contributed by atoms with van der Waals surface area (Å²) in [7, 11) is 0. The highest BCUT2D eigenvalue weighted by Gasteiger charge is 2.16. The van der Waals surface area contributed by atoms with Crippen LogP contribution in [0.15, 0.2) is 31.1 Å². The van der Waals surface area contributed by atoms with Crippen molar-refractivity contribution in [3.05, 3.63) is 36.7 Å². The van der Waals surface area contributed by atoms with Crippen molar-refractivity contribution in [2.75, 3.05) is 13.2 Å². The van der Waals surface area contributed by atoms with E-state index in [1.54, 1.807) is 6.20 Å². The SMILES string of the molecule is C=CCc1cncc(OC[C@@H]2CCN2)c1. The molecule has 3 heteroatoms. The standard InChI is InChI=1S/C12H16N2O/c1-2-3-10-6-12(8-13-7-10)15-9-11-4-5-14-11/h2,6-8,11,14H,1,3-5,9H2/t11-/m0/s1. The Morgan fingerprint density at radius 1 is 1.60 bits per heavy atom. The van der Waals surface area contributed by atoms with Crippen LogP contribution in [0.4, 0.5) is 0 Å². The molecule has 0 spiro atoms. The number of rotatable bonds is 5. The van der Waals surface area contributed by atoms with E-state index in [1.807, 2.05) is 18.3 Å². The van der Waals surface area contributed by atoms with Crippen LogP contribution in [-0.2, 0) is 6.42 Å². The number of hydrogen-bond donors (Lipinski definition) is 1. The van der Waals surface area contributed by atoms with Crippen molar-refractivity contribution >= 4 is 0 Å². The summed E-state index contributed by atoms with van der Waals surface area (Å²) in [6.07, 6.45) is 7.52. The van der Waals surface area contributed by atoms with Gasteiger partial charge >= 0.3 is 0 Å². The van der Waals surface area contributed by atoms with Crippen molar-refractivity contribution in [1.82, 2.24) is 10.3 Å². The van der Waals surface area contributed by atoms with Gasteiger partial charge in [0, 0.05) is 12.2 Å². The van der Waals surface area contributed by atoms with Crippen LogP contribution in [0.2, 0.25) is 0 Å². The van der Waals surface area contributed by atoms with Crippen LogP contribution in [-0.4, -0.2) is 24.2 Å². The van der Waals surface area contributed by atoms with E-state index in [2.05, 4.69) is 16.9 Å². The summed E-state index contributed by atoms with van der Waals surface area (Å²) < 4.78 is 5.64. The second-order valence-electron chi connectivity index (χ2n) is 3.77. The second kappa shape index (κ2) is 4.94. The number of aromatic nitrogens is 1. The van der Waals surface area contributed by atoms with Gasteiger partial charge in [-0.15, -0.1) is 6.58 Å². The van der Waals surface area contributed by atoms with Crippen LogP contribution in [0.25, 0.3) is 0 Å². The van der Waals surface area contributed by atoms with Gasteiger partial charge in [0.15, 0.2) is 0 Å². The van der Waals surface area contributed by atoms with Crippen LogP contribution in [0.1, 0.15) is 12.0 Å². The van der Waals surface area contributed by atoms with Gasteiger partial charge in [-0.2, -0.15) is 0 Å². The zero-order valence-electron chi connectivity index (χ0n) is 8.78. The number of nitrogens with zero attached hydrogens (tertiary/aromatic N) is 1. The zero-order chi connectivity index (χ0) is 10.5. The van der Waals surface area contributed by atoms with E-state index in [4.69, 9.17) is 4.74 Å². The van der Waals surface area contributed by atoms with Gasteiger partial charge in [-0.25, -0.2) is 0 Å². The third-order valence-electron chi connectivity index (χ3n) is 2.53. The molecule has 1 atom stereocenters. The lowest BCUT2D eigenvalue weighted by Gasteiger charge is -2.27. The van der Waals surface area contributed by atoms with E-state index in [9.17, 15) is 0 Å². The van der Waals surface area contributed by atoms with Crippen LogP contribution in [0, 0.1) is 0 Å². The minimum atomic E-state index is 0.521. The molecule has 0 aliphatic carbocycles. The molecule has 0 aromatic carbocycles. The first-order valence-corrected chi connectivity index (χ1v) is 5.29. The molecular formula is C12H16N2O. The summed E-state index contributed by atoms with van der Waals surface area (Å²) in [4.78, 5) is 4.13. The van der Waals surface area contributed by atoms with E-state index < -0.39 is 0 Å². The summed E-state index contributed by atoms with van der Waals surface area (Å²) in [6.45, 7) is 5.55. The van der Waals surface area contributed by atoms with Crippen molar-refractivity contribution < 1.29 is 4.74 Å². The molecule has 1 fully saturated rings. The smallest absolute Gasteiger partial charge is 0.137 e. The van der Waals surface area contributed by atoms with Crippen molar-refractivity contribution in [2.45, 2.75) is 18.9 Å². The Morgan fingerprint density at radius 2 is 2.47 bits per heavy atom. The van der Waals surface area contributed by atoms with Gasteiger partial charge in [-0.1, -0.05) is 6.08 Å². The molecular weight excluding hydrogens is 188 g/mol. The number of allylic oxidation sites excluding steroid dienone is 1. The summed E-state index contributed by atoms with van der Waals surface area (Å²) in [5, 5.41) is 3.29. The molecule has 0 saturated carbocycles. The number of ether oxygens (including phenoxy) is 1. The molecule has 0 amide bonds. The van der Waals surface area contributed by atoms with Gasteiger partial charge in [0.05, 0.1) is 6.20 Å². The van der Waals surface area contributed by atoms with Gasteiger partial charge in [-0.3, -0.25) is 4.98 Å². The van der Waals surface area contributed by atoms with Crippen molar-refractivity contribution in [3.8, 4) is 5.75 Å². The topological polar surface area (TPSA) is 34.1 Å². The average molecular weight is 204 g/mol. The first-order valence-electron chi connectivity index (χ1n) is 5.29. The number of nitrogens with one attached hydrogen (secondary N) is 1. The quantitative estimate of drug-likeness (QED) is 0.739. The molecule has 15 heavy (non-hydrogen) atoms. The fourth-order valence-corrected chi connectivity index (χ4v) is 1.51. The monoisotopic (exact) mass is 204 g/mol. The maximum atomic E-state index is 5.64. The van der Waals surface area contributed by atoms with E-state index in [1.165, 1.54) is 6.42 Å². The Kier molecular flexibility index (Phi) is 3.35. The van der Waals surface area contributed by atoms with Crippen molar-refractivity contribution in [2.24, 2.45) is 0 Å². The van der Waals surface area contributed by atoms with Gasteiger partial charge in [-0.05, 0) is 31.0 Å². The molecule has 0 unspecified atom stereocenters. The predicted octanol–water partition coefficient (Wildman–Crippen LogP) is 1.55. The normalized spacial score (nSPS) is 19.3. The molecule has 0 bridgehead atoms. The molecule has 2 rings (SSSR count). The summed E-state index contributed by atoms with van der Waals surface area (Å²) in [6, 6.07) is 2.54. The predicted molar refractivity (Wildman–Crippen MR) is 60.0 cm³/mol. The van der Waals surface area contributed by atoms with Crippen molar-refractivity contribution in [3.63, 3.8) is 0 Å². The third-order valence-corrected chi connectivity index (χ3v) is 2.53. The highest BCUT2D eigenvalue weighted by molar-refractivity contribution is 5.24. The first-order chi connectivity index (χ1) is 7.38. The summed E-state index contributed by atoms with van der Waals surface area (Å²) in [5.41, 5.74) is 1.14. The molecule has 1 aliphatic heterocycles. The maximum absolute atomic E-state index is 5.64. The van der Waals surface area contributed by atoms with Gasteiger partial charge in [0.2, 0.25) is 0 Å². The van der Waals surface area contributed by atoms with Crippen LogP contribution in [0.3, 0.4) is 0 Å². The second-order valence-corrected chi connectivity index (χ2v) is 3.77. The Balaban J connectivity index is 1.88. The van der Waals surface area contributed by atoms with E-state index in [0.29, 0.717) is 6.04 Å². The van der Waals surface area contributed by atoms with Crippen molar-refractivity contribution in [1.29, 1.82) is 0 Å². The number of hydrogen-bond acceptors (Lipinski definition) is 3. The summed E-state index contributed by atoms with van der Waals surface area (Å²) >= 11 is 0. The minimum Gasteiger partial charge on any atom is -0.490 e. The Labute approximate surface area is 90.2 Å². The maximum Gasteiger partial charge on any atom is 0.137 e. The molecule has 1 saturated heterocycles. The van der Waals surface area contributed by atoms with Gasteiger partial charge in [0.25, 0.3) is 0 Å². The third kappa shape index (κ3) is 2.80. The summed E-state index contributed by atoms with van der Waals surface area (Å²) in [5.74, 6) is 0.850. The van der Waals surface area contributed by atoms with E-state index in [-0.39, 0.29) is 0 Å². The van der Waals surface area contributed by atoms with E-state index in [0.717, 1.165) is 30.9 Å². The molecule has 1 aromatic rings. The van der Waals surface area contributed by atoms with Gasteiger partial charge in [0.1, 0.15) is 12.4 Å². The molecule has 1 aromatic heterocycles. The molecule has 80 valence electrons. The first kappa shape index (κ1) is 10.2. The number of pyridine rings is 1. The van der Waals surface area contributed by atoms with Crippen LogP contribution >= 0.6 is 0 Å². The Bertz CT molecular complexity index is 334. The fourth-order valence-electron chi connectivity index (χ4n) is 1.51. The molecule has 2 heterocycles. The highest BCUT2D eigenvalue weighted by atomic mass is 16.5. The fraction of sp³-hybridized carbons (Fsp3) is 0.417. The van der Waals surface area contributed by atoms with Crippen LogP contribution in [0.5, 0.6) is 5.75 Å². The minimum absolute atomic E-state index is 0.521.